The number of nitrogens with one attached hydrogen (secondary N) is 1. The highest BCUT2D eigenvalue weighted by atomic mass is 16.6. The number of fused-ring (bicyclic) bond motifs is 5. The number of allylic oxidation sites excluding steroid dienone is 2. The standard InChI is InChI=1S/C31H42N2O5/c1-30-14-12-23(17-22(30)8-9-24-25-10-11-27(34)31(25,2)15-13-26(24)30)33-38-19-28(35)32-18-21(16-29(36)37)20-6-4-3-5-7-20/h3-7,17,21,24-27,34H,8-16,18-19H2,1-2H3,(H,32,35)(H,36,37)/t21-,24-,25+,26-,27+,30+,31+/m1/s1. The zero-order valence-electron chi connectivity index (χ0n) is 22.7. The van der Waals surface area contributed by atoms with E-state index >= 15 is 0 Å². The quantitative estimate of drug-likeness (QED) is 0.414. The van der Waals surface area contributed by atoms with Crippen LogP contribution in [-0.4, -0.2) is 47.1 Å². The molecule has 0 unspecified atom stereocenters. The lowest BCUT2D eigenvalue weighted by atomic mass is 9.47. The van der Waals surface area contributed by atoms with Gasteiger partial charge in [0.05, 0.1) is 18.2 Å². The van der Waals surface area contributed by atoms with Crippen LogP contribution in [0, 0.1) is 28.6 Å². The van der Waals surface area contributed by atoms with Gasteiger partial charge in [0.2, 0.25) is 0 Å². The molecule has 1 amide bonds. The second kappa shape index (κ2) is 10.8. The van der Waals surface area contributed by atoms with Crippen molar-refractivity contribution in [2.45, 2.75) is 83.7 Å². The molecule has 0 bridgehead atoms. The fraction of sp³-hybridized carbons (Fsp3) is 0.645. The third kappa shape index (κ3) is 5.14. The maximum Gasteiger partial charge on any atom is 0.304 e. The largest absolute Gasteiger partial charge is 0.481 e. The van der Waals surface area contributed by atoms with Crippen LogP contribution in [0.25, 0.3) is 0 Å². The molecule has 1 aromatic carbocycles. The van der Waals surface area contributed by atoms with E-state index in [2.05, 4.69) is 30.4 Å². The molecule has 3 saturated carbocycles. The third-order valence-electron chi connectivity index (χ3n) is 10.5. The Morgan fingerprint density at radius 2 is 1.87 bits per heavy atom. The Balaban J connectivity index is 1.16. The summed E-state index contributed by atoms with van der Waals surface area (Å²) in [5.41, 5.74) is 3.54. The minimum Gasteiger partial charge on any atom is -0.481 e. The summed E-state index contributed by atoms with van der Waals surface area (Å²) in [7, 11) is 0. The fourth-order valence-corrected chi connectivity index (χ4v) is 8.32. The number of hydrogen-bond donors (Lipinski definition) is 3. The number of carbonyl (C=O) groups is 2. The van der Waals surface area contributed by atoms with Gasteiger partial charge in [-0.1, -0.05) is 54.9 Å². The Morgan fingerprint density at radius 3 is 2.63 bits per heavy atom. The van der Waals surface area contributed by atoms with Crippen molar-refractivity contribution < 1.29 is 24.6 Å². The maximum absolute atomic E-state index is 12.4. The topological polar surface area (TPSA) is 108 Å². The van der Waals surface area contributed by atoms with E-state index in [1.807, 2.05) is 30.3 Å². The molecule has 7 heteroatoms. The van der Waals surface area contributed by atoms with Gasteiger partial charge in [0.15, 0.2) is 6.61 Å². The van der Waals surface area contributed by atoms with E-state index in [4.69, 9.17) is 4.84 Å². The average molecular weight is 523 g/mol. The van der Waals surface area contributed by atoms with Crippen LogP contribution in [-0.2, 0) is 14.4 Å². The van der Waals surface area contributed by atoms with Crippen molar-refractivity contribution in [1.82, 2.24) is 5.32 Å². The molecule has 0 saturated heterocycles. The van der Waals surface area contributed by atoms with Crippen molar-refractivity contribution in [3.05, 3.63) is 47.5 Å². The molecule has 7 atom stereocenters. The number of aliphatic carboxylic acids is 1. The van der Waals surface area contributed by atoms with Gasteiger partial charge in [-0.3, -0.25) is 9.59 Å². The van der Waals surface area contributed by atoms with Gasteiger partial charge in [0.25, 0.3) is 5.91 Å². The van der Waals surface area contributed by atoms with Gasteiger partial charge < -0.3 is 20.4 Å². The second-order valence-corrected chi connectivity index (χ2v) is 12.5. The predicted octanol–water partition coefficient (Wildman–Crippen LogP) is 5.06. The van der Waals surface area contributed by atoms with Crippen molar-refractivity contribution >= 4 is 17.6 Å². The smallest absolute Gasteiger partial charge is 0.304 e. The normalized spacial score (nSPS) is 35.9. The van der Waals surface area contributed by atoms with Crippen LogP contribution in [0.1, 0.15) is 83.1 Å². The number of amides is 1. The van der Waals surface area contributed by atoms with E-state index in [0.717, 1.165) is 43.4 Å². The molecular formula is C31H42N2O5. The number of carboxylic acids is 1. The molecule has 7 nitrogen and oxygen atoms in total. The Hall–Kier alpha value is -2.67. The molecule has 3 N–H and O–H groups in total. The van der Waals surface area contributed by atoms with Gasteiger partial charge in [-0.25, -0.2) is 0 Å². The number of rotatable bonds is 8. The van der Waals surface area contributed by atoms with E-state index in [1.165, 1.54) is 24.8 Å². The van der Waals surface area contributed by atoms with Gasteiger partial charge >= 0.3 is 5.97 Å². The third-order valence-corrected chi connectivity index (χ3v) is 10.5. The van der Waals surface area contributed by atoms with E-state index in [1.54, 1.807) is 0 Å². The lowest BCUT2D eigenvalue weighted by molar-refractivity contribution is -0.137. The summed E-state index contributed by atoms with van der Waals surface area (Å²) in [6, 6.07) is 9.37. The van der Waals surface area contributed by atoms with Gasteiger partial charge in [0, 0.05) is 12.5 Å². The number of aliphatic hydroxyl groups excluding tert-OH is 1. The van der Waals surface area contributed by atoms with Crippen LogP contribution < -0.4 is 5.32 Å². The Kier molecular flexibility index (Phi) is 7.67. The van der Waals surface area contributed by atoms with Crippen LogP contribution in [0.5, 0.6) is 0 Å². The predicted molar refractivity (Wildman–Crippen MR) is 146 cm³/mol. The molecule has 0 heterocycles. The van der Waals surface area contributed by atoms with Gasteiger partial charge in [-0.2, -0.15) is 0 Å². The summed E-state index contributed by atoms with van der Waals surface area (Å²) in [5, 5.41) is 27.0. The van der Waals surface area contributed by atoms with Crippen LogP contribution in [0.2, 0.25) is 0 Å². The molecule has 206 valence electrons. The van der Waals surface area contributed by atoms with Crippen molar-refractivity contribution in [3.63, 3.8) is 0 Å². The van der Waals surface area contributed by atoms with E-state index < -0.39 is 5.97 Å². The first-order chi connectivity index (χ1) is 18.2. The molecule has 4 aliphatic carbocycles. The van der Waals surface area contributed by atoms with Crippen molar-refractivity contribution in [2.24, 2.45) is 33.7 Å². The summed E-state index contributed by atoms with van der Waals surface area (Å²) < 4.78 is 0. The molecule has 5 rings (SSSR count). The number of hydrogen-bond acceptors (Lipinski definition) is 5. The summed E-state index contributed by atoms with van der Waals surface area (Å²) in [6.07, 6.45) is 10.6. The monoisotopic (exact) mass is 522 g/mol. The minimum absolute atomic E-state index is 0.0534. The summed E-state index contributed by atoms with van der Waals surface area (Å²) in [5.74, 6) is 0.506. The number of carbonyl (C=O) groups excluding carboxylic acids is 1. The minimum atomic E-state index is -0.898. The van der Waals surface area contributed by atoms with Crippen LogP contribution in [0.15, 0.2) is 47.1 Å². The van der Waals surface area contributed by atoms with Crippen LogP contribution in [0.3, 0.4) is 0 Å². The summed E-state index contributed by atoms with van der Waals surface area (Å²) in [4.78, 5) is 29.1. The van der Waals surface area contributed by atoms with Crippen molar-refractivity contribution in [3.8, 4) is 0 Å². The maximum atomic E-state index is 12.4. The second-order valence-electron chi connectivity index (χ2n) is 12.5. The molecule has 38 heavy (non-hydrogen) atoms. The first-order valence-corrected chi connectivity index (χ1v) is 14.3. The lowest BCUT2D eigenvalue weighted by Gasteiger charge is -2.57. The van der Waals surface area contributed by atoms with E-state index in [9.17, 15) is 19.8 Å². The van der Waals surface area contributed by atoms with E-state index in [-0.39, 0.29) is 48.3 Å². The van der Waals surface area contributed by atoms with Crippen molar-refractivity contribution in [1.29, 1.82) is 0 Å². The molecule has 3 fully saturated rings. The van der Waals surface area contributed by atoms with E-state index in [0.29, 0.717) is 17.8 Å². The molecule has 0 radical (unpaired) electrons. The molecule has 0 spiro atoms. The van der Waals surface area contributed by atoms with Gasteiger partial charge in [-0.05, 0) is 91.6 Å². The highest BCUT2D eigenvalue weighted by molar-refractivity contribution is 5.96. The fourth-order valence-electron chi connectivity index (χ4n) is 8.32. The van der Waals surface area contributed by atoms with Crippen molar-refractivity contribution in [2.75, 3.05) is 13.2 Å². The molecular weight excluding hydrogens is 480 g/mol. The van der Waals surface area contributed by atoms with Crippen LogP contribution in [0.4, 0.5) is 0 Å². The number of benzene rings is 1. The molecule has 4 aliphatic rings. The first-order valence-electron chi connectivity index (χ1n) is 14.3. The van der Waals surface area contributed by atoms with Gasteiger partial charge in [-0.15, -0.1) is 0 Å². The molecule has 0 aliphatic heterocycles. The van der Waals surface area contributed by atoms with Gasteiger partial charge in [0.1, 0.15) is 0 Å². The SMILES string of the molecule is C[C@]12CC[C@@H]3[C@H](CCC4=CC(=NOCC(=O)NC[C@@H](CC(=O)O)c5ccccc5)CC[C@@]43C)[C@@H]1CC[C@@H]2O. The number of carboxylic acid groups (broad SMARTS) is 1. The highest BCUT2D eigenvalue weighted by Crippen LogP contribution is 2.65. The number of aliphatic hydroxyl groups is 1. The molecule has 1 aromatic rings. The summed E-state index contributed by atoms with van der Waals surface area (Å²) in [6.45, 7) is 4.81. The number of nitrogens with zero attached hydrogens (tertiary/aromatic N) is 1. The lowest BCUT2D eigenvalue weighted by Crippen LogP contribution is -2.51. The Morgan fingerprint density at radius 1 is 1.08 bits per heavy atom. The number of oxime groups is 1. The average Bonchev–Trinajstić information content (AvgIpc) is 3.21. The molecule has 0 aromatic heterocycles. The summed E-state index contributed by atoms with van der Waals surface area (Å²) >= 11 is 0. The zero-order chi connectivity index (χ0) is 26.9. The Bertz CT molecular complexity index is 1100. The first kappa shape index (κ1) is 26.9. The Labute approximate surface area is 225 Å². The highest BCUT2D eigenvalue weighted by Gasteiger charge is 2.58. The zero-order valence-corrected chi connectivity index (χ0v) is 22.7. The van der Waals surface area contributed by atoms with Crippen LogP contribution >= 0.6 is 0 Å².